The van der Waals surface area contributed by atoms with Crippen LogP contribution in [0.2, 0.25) is 0 Å². The van der Waals surface area contributed by atoms with Gasteiger partial charge in [-0.3, -0.25) is 9.59 Å². The molecular weight excluding hydrogens is 343 g/mol. The van der Waals surface area contributed by atoms with E-state index in [1.807, 2.05) is 0 Å². The first-order valence-electron chi connectivity index (χ1n) is 6.97. The van der Waals surface area contributed by atoms with Crippen LogP contribution in [0.25, 0.3) is 0 Å². The molecule has 0 radical (unpaired) electrons. The molecule has 1 heterocycles. The average molecular weight is 357 g/mol. The number of carbonyl (C=O) groups is 2. The Kier molecular flexibility index (Phi) is 5.55. The van der Waals surface area contributed by atoms with Crippen LogP contribution < -0.4 is 5.32 Å². The summed E-state index contributed by atoms with van der Waals surface area (Å²) >= 11 is 1.24. The van der Waals surface area contributed by atoms with E-state index in [1.54, 1.807) is 12.3 Å². The van der Waals surface area contributed by atoms with Crippen LogP contribution in [0.3, 0.4) is 0 Å². The first kappa shape index (κ1) is 17.9. The van der Waals surface area contributed by atoms with E-state index in [1.165, 1.54) is 22.4 Å². The lowest BCUT2D eigenvalue weighted by Gasteiger charge is -2.20. The lowest BCUT2D eigenvalue weighted by Crippen LogP contribution is -2.37. The molecule has 5 nitrogen and oxygen atoms in total. The Morgan fingerprint density at radius 2 is 1.92 bits per heavy atom. The van der Waals surface area contributed by atoms with Crippen LogP contribution in [-0.2, 0) is 11.0 Å². The van der Waals surface area contributed by atoms with Gasteiger partial charge in [0.2, 0.25) is 5.91 Å². The molecule has 0 bridgehead atoms. The van der Waals surface area contributed by atoms with E-state index < -0.39 is 23.6 Å². The van der Waals surface area contributed by atoms with Crippen LogP contribution in [0, 0.1) is 0 Å². The van der Waals surface area contributed by atoms with Gasteiger partial charge in [0.1, 0.15) is 6.54 Å². The number of nitrogens with zero attached hydrogens (tertiary/aromatic N) is 2. The number of aromatic nitrogens is 1. The second kappa shape index (κ2) is 7.43. The molecule has 0 unspecified atom stereocenters. The summed E-state index contributed by atoms with van der Waals surface area (Å²) in [5, 5.41) is 4.66. The number of hydrogen-bond acceptors (Lipinski definition) is 4. The standard InChI is InChI=1S/C15H14F3N3O2S/c1-2-21(9-12(22)20-14-19-7-8-24-14)13(23)10-3-5-11(6-4-10)15(16,17)18/h3-8H,2,9H2,1H3,(H,19,20,22). The molecule has 9 heteroatoms. The lowest BCUT2D eigenvalue weighted by molar-refractivity contribution is -0.137. The van der Waals surface area contributed by atoms with Gasteiger partial charge in [-0.1, -0.05) is 0 Å². The predicted molar refractivity (Wildman–Crippen MR) is 83.8 cm³/mol. The third-order valence-corrected chi connectivity index (χ3v) is 3.83. The Morgan fingerprint density at radius 1 is 1.25 bits per heavy atom. The lowest BCUT2D eigenvalue weighted by atomic mass is 10.1. The Balaban J connectivity index is 2.04. The molecule has 0 spiro atoms. The molecule has 0 atom stereocenters. The van der Waals surface area contributed by atoms with Gasteiger partial charge in [-0.25, -0.2) is 4.98 Å². The summed E-state index contributed by atoms with van der Waals surface area (Å²) in [5.41, 5.74) is -0.740. The van der Waals surface area contributed by atoms with Crippen molar-refractivity contribution >= 4 is 28.3 Å². The third-order valence-electron chi connectivity index (χ3n) is 3.14. The molecule has 0 saturated carbocycles. The van der Waals surface area contributed by atoms with E-state index in [2.05, 4.69) is 10.3 Å². The third kappa shape index (κ3) is 4.54. The zero-order valence-electron chi connectivity index (χ0n) is 12.6. The number of anilines is 1. The van der Waals surface area contributed by atoms with Gasteiger partial charge in [0.25, 0.3) is 5.91 Å². The van der Waals surface area contributed by atoms with Gasteiger partial charge in [-0.15, -0.1) is 11.3 Å². The largest absolute Gasteiger partial charge is 0.416 e. The normalized spacial score (nSPS) is 11.2. The van der Waals surface area contributed by atoms with Crippen molar-refractivity contribution in [1.29, 1.82) is 0 Å². The number of benzene rings is 1. The van der Waals surface area contributed by atoms with Gasteiger partial charge < -0.3 is 10.2 Å². The van der Waals surface area contributed by atoms with Gasteiger partial charge in [-0.05, 0) is 31.2 Å². The molecule has 1 N–H and O–H groups in total. The molecule has 2 aromatic rings. The van der Waals surface area contributed by atoms with Gasteiger partial charge in [0.15, 0.2) is 5.13 Å². The highest BCUT2D eigenvalue weighted by atomic mass is 32.1. The summed E-state index contributed by atoms with van der Waals surface area (Å²) in [7, 11) is 0. The highest BCUT2D eigenvalue weighted by Gasteiger charge is 2.30. The number of halogens is 3. The molecule has 1 aromatic carbocycles. The fraction of sp³-hybridized carbons (Fsp3) is 0.267. The van der Waals surface area contributed by atoms with Gasteiger partial charge in [0.05, 0.1) is 5.56 Å². The van der Waals surface area contributed by atoms with Crippen molar-refractivity contribution in [2.24, 2.45) is 0 Å². The summed E-state index contributed by atoms with van der Waals surface area (Å²) < 4.78 is 37.6. The zero-order valence-corrected chi connectivity index (χ0v) is 13.4. The number of amides is 2. The van der Waals surface area contributed by atoms with Crippen molar-refractivity contribution in [3.05, 3.63) is 47.0 Å². The van der Waals surface area contributed by atoms with E-state index >= 15 is 0 Å². The first-order chi connectivity index (χ1) is 11.3. The number of likely N-dealkylation sites (N-methyl/N-ethyl adjacent to an activating group) is 1. The van der Waals surface area contributed by atoms with Crippen LogP contribution >= 0.6 is 11.3 Å². The molecule has 0 fully saturated rings. The minimum absolute atomic E-state index is 0.0897. The van der Waals surface area contributed by atoms with Crippen molar-refractivity contribution in [2.75, 3.05) is 18.4 Å². The highest BCUT2D eigenvalue weighted by Crippen LogP contribution is 2.29. The molecular formula is C15H14F3N3O2S. The van der Waals surface area contributed by atoms with Gasteiger partial charge >= 0.3 is 6.18 Å². The molecule has 24 heavy (non-hydrogen) atoms. The molecule has 1 aromatic heterocycles. The Hall–Kier alpha value is -2.42. The smallest absolute Gasteiger partial charge is 0.330 e. The molecule has 0 saturated heterocycles. The van der Waals surface area contributed by atoms with Crippen molar-refractivity contribution < 1.29 is 22.8 Å². The minimum Gasteiger partial charge on any atom is -0.330 e. The van der Waals surface area contributed by atoms with Crippen molar-refractivity contribution in [2.45, 2.75) is 13.1 Å². The second-order valence-corrected chi connectivity index (χ2v) is 5.67. The fourth-order valence-corrected chi connectivity index (χ4v) is 2.47. The average Bonchev–Trinajstić information content (AvgIpc) is 3.04. The number of hydrogen-bond donors (Lipinski definition) is 1. The Bertz CT molecular complexity index is 700. The molecule has 0 aliphatic heterocycles. The SMILES string of the molecule is CCN(CC(=O)Nc1nccs1)C(=O)c1ccc(C(F)(F)F)cc1. The monoisotopic (exact) mass is 357 g/mol. The van der Waals surface area contributed by atoms with Crippen LogP contribution in [-0.4, -0.2) is 34.8 Å². The molecule has 2 amide bonds. The summed E-state index contributed by atoms with van der Waals surface area (Å²) in [5.74, 6) is -0.937. The van der Waals surface area contributed by atoms with E-state index in [4.69, 9.17) is 0 Å². The molecule has 2 rings (SSSR count). The van der Waals surface area contributed by atoms with Gasteiger partial charge in [-0.2, -0.15) is 13.2 Å². The quantitative estimate of drug-likeness (QED) is 0.893. The van der Waals surface area contributed by atoms with E-state index in [0.29, 0.717) is 5.13 Å². The summed E-state index contributed by atoms with van der Waals surface area (Å²) in [4.78, 5) is 29.4. The summed E-state index contributed by atoms with van der Waals surface area (Å²) in [6.07, 6.45) is -2.93. The van der Waals surface area contributed by atoms with Crippen molar-refractivity contribution in [3.8, 4) is 0 Å². The Morgan fingerprint density at radius 3 is 2.42 bits per heavy atom. The summed E-state index contributed by atoms with van der Waals surface area (Å²) in [6.45, 7) is 1.71. The minimum atomic E-state index is -4.46. The maximum Gasteiger partial charge on any atom is 0.416 e. The highest BCUT2D eigenvalue weighted by molar-refractivity contribution is 7.13. The van der Waals surface area contributed by atoms with E-state index in [-0.39, 0.29) is 18.7 Å². The zero-order chi connectivity index (χ0) is 17.7. The van der Waals surface area contributed by atoms with E-state index in [9.17, 15) is 22.8 Å². The van der Waals surface area contributed by atoms with Crippen LogP contribution in [0.15, 0.2) is 35.8 Å². The number of thiazole rings is 1. The topological polar surface area (TPSA) is 62.3 Å². The molecule has 128 valence electrons. The van der Waals surface area contributed by atoms with E-state index in [0.717, 1.165) is 24.3 Å². The molecule has 0 aliphatic carbocycles. The van der Waals surface area contributed by atoms with Crippen LogP contribution in [0.5, 0.6) is 0 Å². The first-order valence-corrected chi connectivity index (χ1v) is 7.85. The summed E-state index contributed by atoms with van der Waals surface area (Å²) in [6, 6.07) is 3.90. The Labute approximate surface area is 140 Å². The van der Waals surface area contributed by atoms with Crippen LogP contribution in [0.1, 0.15) is 22.8 Å². The molecule has 0 aliphatic rings. The predicted octanol–water partition coefficient (Wildman–Crippen LogP) is 3.26. The number of carbonyl (C=O) groups excluding carboxylic acids is 2. The fourth-order valence-electron chi connectivity index (χ4n) is 1.93. The number of nitrogens with one attached hydrogen (secondary N) is 1. The number of alkyl halides is 3. The maximum absolute atomic E-state index is 12.5. The van der Waals surface area contributed by atoms with Crippen molar-refractivity contribution in [1.82, 2.24) is 9.88 Å². The second-order valence-electron chi connectivity index (χ2n) is 4.78. The van der Waals surface area contributed by atoms with Crippen molar-refractivity contribution in [3.63, 3.8) is 0 Å². The van der Waals surface area contributed by atoms with Crippen LogP contribution in [0.4, 0.5) is 18.3 Å². The maximum atomic E-state index is 12.5. The number of rotatable bonds is 5. The van der Waals surface area contributed by atoms with Gasteiger partial charge in [0, 0.05) is 23.7 Å².